The fraction of sp³-hybridized carbons (Fsp3) is 0.0323. The van der Waals surface area contributed by atoms with Gasteiger partial charge in [0.05, 0.1) is 43.1 Å². The van der Waals surface area contributed by atoms with Crippen LogP contribution in [0.25, 0.3) is 5.69 Å². The molecule has 0 atom stereocenters. The molecule has 2 amide bonds. The number of primary sulfonamides is 1. The third kappa shape index (κ3) is 9.30. The average Bonchev–Trinajstić information content (AvgIpc) is 3.86. The molecule has 20 nitrogen and oxygen atoms in total. The van der Waals surface area contributed by atoms with Gasteiger partial charge in [-0.15, -0.1) is 0 Å². The predicted octanol–water partition coefficient (Wildman–Crippen LogP) is 0.912. The number of hydrogen-bond acceptors (Lipinski definition) is 14. The first-order valence-corrected chi connectivity index (χ1v) is 19.6. The van der Waals surface area contributed by atoms with Crippen LogP contribution in [0, 0.1) is 0 Å². The van der Waals surface area contributed by atoms with Crippen molar-refractivity contribution < 1.29 is 39.4 Å². The number of sulfonamides is 2. The zero-order valence-corrected chi connectivity index (χ0v) is 32.9. The van der Waals surface area contributed by atoms with Crippen molar-refractivity contribution in [1.29, 1.82) is 0 Å². The van der Waals surface area contributed by atoms with Gasteiger partial charge in [0.1, 0.15) is 12.7 Å². The van der Waals surface area contributed by atoms with Crippen molar-refractivity contribution in [3.63, 3.8) is 0 Å². The van der Waals surface area contributed by atoms with Gasteiger partial charge in [0.15, 0.2) is 11.4 Å². The first kappa shape index (κ1) is 40.8. The summed E-state index contributed by atoms with van der Waals surface area (Å²) >= 11 is 0. The second-order valence-corrected chi connectivity index (χ2v) is 16.0. The van der Waals surface area contributed by atoms with E-state index in [0.29, 0.717) is 28.3 Å². The van der Waals surface area contributed by atoms with Crippen LogP contribution < -0.4 is 31.3 Å². The second-order valence-electron chi connectivity index (χ2n) is 11.1. The number of nitrogens with two attached hydrogens (primary N) is 1. The Morgan fingerprint density at radius 2 is 1.20 bits per heavy atom. The van der Waals surface area contributed by atoms with Gasteiger partial charge in [-0.2, -0.15) is 23.7 Å². The number of fused-ring (bicyclic) bond motifs is 2. The van der Waals surface area contributed by atoms with Crippen molar-refractivity contribution in [3.05, 3.63) is 109 Å². The van der Waals surface area contributed by atoms with Crippen LogP contribution in [0.3, 0.4) is 0 Å². The number of nitrogens with one attached hydrogen (secondary N) is 5. The molecule has 3 heterocycles. The van der Waals surface area contributed by atoms with E-state index < -0.39 is 36.1 Å². The zero-order valence-electron chi connectivity index (χ0n) is 28.5. The molecule has 1 aromatic heterocycles. The fourth-order valence-corrected chi connectivity index (χ4v) is 6.68. The molecular weight excluding hydrogens is 790 g/mol. The molecule has 7 rings (SSSR count). The molecule has 2 aliphatic rings. The molecule has 0 fully saturated rings. The van der Waals surface area contributed by atoms with Crippen molar-refractivity contribution in [1.82, 2.24) is 19.5 Å². The van der Waals surface area contributed by atoms with Crippen LogP contribution in [0.15, 0.2) is 122 Å². The van der Waals surface area contributed by atoms with Gasteiger partial charge in [-0.25, -0.2) is 36.4 Å². The summed E-state index contributed by atoms with van der Waals surface area (Å²) in [5.41, 5.74) is 8.93. The Morgan fingerprint density at radius 3 is 1.67 bits per heavy atom. The Bertz CT molecular complexity index is 2690. The van der Waals surface area contributed by atoms with Crippen LogP contribution in [-0.2, 0) is 39.8 Å². The minimum absolute atomic E-state index is 0. The van der Waals surface area contributed by atoms with E-state index in [0.717, 1.165) is 17.8 Å². The summed E-state index contributed by atoms with van der Waals surface area (Å²) < 4.78 is 81.4. The largest absolute Gasteiger partial charge is 0.320 e. The van der Waals surface area contributed by atoms with Gasteiger partial charge in [-0.3, -0.25) is 25.0 Å². The van der Waals surface area contributed by atoms with Crippen LogP contribution in [0.2, 0.25) is 0 Å². The van der Waals surface area contributed by atoms with Gasteiger partial charge >= 0.3 is 0 Å². The molecule has 5 aromatic rings. The first-order chi connectivity index (χ1) is 25.5. The molecular formula is C31H27N11NaO9S3. The van der Waals surface area contributed by atoms with E-state index >= 15 is 0 Å². The predicted molar refractivity (Wildman–Crippen MR) is 201 cm³/mol. The molecule has 24 heteroatoms. The van der Waals surface area contributed by atoms with Gasteiger partial charge in [-0.1, -0.05) is 0 Å². The van der Waals surface area contributed by atoms with Crippen molar-refractivity contribution in [2.75, 3.05) is 28.5 Å². The monoisotopic (exact) mass is 816 g/mol. The molecule has 4 aromatic carbocycles. The van der Waals surface area contributed by atoms with Crippen molar-refractivity contribution in [2.24, 2.45) is 15.3 Å². The van der Waals surface area contributed by atoms with Crippen LogP contribution in [0.1, 0.15) is 11.1 Å². The molecule has 0 bridgehead atoms. The maximum atomic E-state index is 12.3. The van der Waals surface area contributed by atoms with E-state index in [1.807, 2.05) is 6.07 Å². The number of amides is 2. The van der Waals surface area contributed by atoms with Gasteiger partial charge in [0.25, 0.3) is 21.9 Å². The molecule has 2 aliphatic heterocycles. The van der Waals surface area contributed by atoms with E-state index in [4.69, 9.17) is 9.69 Å². The molecule has 279 valence electrons. The minimum atomic E-state index is -4.43. The van der Waals surface area contributed by atoms with Gasteiger partial charge in [0, 0.05) is 40.7 Å². The van der Waals surface area contributed by atoms with E-state index in [2.05, 4.69) is 46.5 Å². The molecule has 1 radical (unpaired) electrons. The first-order valence-electron chi connectivity index (χ1n) is 15.1. The Morgan fingerprint density at radius 1 is 0.709 bits per heavy atom. The molecule has 0 spiro atoms. The fourth-order valence-electron chi connectivity index (χ4n) is 4.93. The summed E-state index contributed by atoms with van der Waals surface area (Å²) in [6.45, 7) is 0. The van der Waals surface area contributed by atoms with E-state index in [9.17, 15) is 34.8 Å². The number of benzene rings is 4. The molecule has 0 aliphatic carbocycles. The smallest absolute Gasteiger partial charge is 0.294 e. The van der Waals surface area contributed by atoms with Crippen LogP contribution >= 0.6 is 0 Å². The van der Waals surface area contributed by atoms with Crippen LogP contribution in [0.4, 0.5) is 22.7 Å². The van der Waals surface area contributed by atoms with Crippen LogP contribution in [0.5, 0.6) is 0 Å². The molecule has 8 N–H and O–H groups in total. The molecule has 0 saturated heterocycles. The molecule has 55 heavy (non-hydrogen) atoms. The maximum Gasteiger partial charge on any atom is 0.294 e. The van der Waals surface area contributed by atoms with E-state index in [1.54, 1.807) is 35.3 Å². The van der Waals surface area contributed by atoms with Gasteiger partial charge in [0.2, 0.25) is 20.0 Å². The minimum Gasteiger partial charge on any atom is -0.320 e. The summed E-state index contributed by atoms with van der Waals surface area (Å²) in [6, 6.07) is 20.3. The summed E-state index contributed by atoms with van der Waals surface area (Å²) in [6.07, 6.45) is 2.98. The summed E-state index contributed by atoms with van der Waals surface area (Å²) in [4.78, 5) is 27.9. The average molecular weight is 817 g/mol. The van der Waals surface area contributed by atoms with Gasteiger partial charge < -0.3 is 10.6 Å². The van der Waals surface area contributed by atoms with Crippen LogP contribution in [-0.4, -0.2) is 104 Å². The number of hydrazone groups is 2. The Hall–Kier alpha value is -5.37. The number of hydrogen-bond donors (Lipinski definition) is 7. The summed E-state index contributed by atoms with van der Waals surface area (Å²) in [5, 5.41) is 22.5. The van der Waals surface area contributed by atoms with E-state index in [1.165, 1.54) is 55.8 Å². The quantitative estimate of drug-likeness (QED) is 0.0619. The summed E-state index contributed by atoms with van der Waals surface area (Å²) in [7, 11) is -10.4. The third-order valence-corrected chi connectivity index (χ3v) is 10.8. The zero-order chi connectivity index (χ0) is 38.8. The number of rotatable bonds is 9. The molecule has 0 saturated carbocycles. The van der Waals surface area contributed by atoms with Crippen molar-refractivity contribution in [2.45, 2.75) is 14.7 Å². The standard InChI is InChI=1S/C17H15N7O3S.C14H12N4O6S2.Na/c1-18-28(26,27)13-5-2-11(3-6-13)22-23-16-14-8-12(24-10-19-9-20-24)4-7-15(14)21-17(16)25;15-25(20,21)9-3-1-8(2-4-9)17-18-13-11-7-10(26(22,23)24)5-6-12(11)16-14(13)19;/h2-10,18,22H,1H3,(H,21,23,25);1-7,17H,(H2,15,20,21)(H,16,18,19)(H,22,23,24);. The Labute approximate surface area is 335 Å². The van der Waals surface area contributed by atoms with Crippen molar-refractivity contribution in [3.8, 4) is 5.69 Å². The van der Waals surface area contributed by atoms with Crippen molar-refractivity contribution >= 4 is 106 Å². The third-order valence-electron chi connectivity index (χ3n) is 7.62. The number of nitrogens with zero attached hydrogens (tertiary/aromatic N) is 5. The second kappa shape index (κ2) is 16.2. The normalized spacial score (nSPS) is 14.9. The Kier molecular flexibility index (Phi) is 12.0. The number of carbonyl (C=O) groups excluding carboxylic acids is 2. The number of carbonyl (C=O) groups is 2. The van der Waals surface area contributed by atoms with E-state index in [-0.39, 0.29) is 67.1 Å². The summed E-state index contributed by atoms with van der Waals surface area (Å²) in [5.74, 6) is -0.909. The SMILES string of the molecule is CNS(=O)(=O)c1ccc(NN=C2C(=O)Nc3ccc(-n4cncn4)cc32)cc1.NS(=O)(=O)c1ccc(NN=C2C(=O)Nc3ccc(S(=O)(=O)O)cc32)cc1.[Na]. The Balaban J connectivity index is 0.000000208. The number of anilines is 4. The molecule has 0 unspecified atom stereocenters. The maximum absolute atomic E-state index is 12.3. The van der Waals surface area contributed by atoms with Gasteiger partial charge in [-0.05, 0) is 92.0 Å². The number of aromatic nitrogens is 3. The topological polar surface area (TPSA) is 298 Å².